The Morgan fingerprint density at radius 1 is 1.03 bits per heavy atom. The molecular formula is C29H32N4O5S. The van der Waals surface area contributed by atoms with E-state index >= 15 is 0 Å². The number of methoxy groups -OCH3 is 1. The molecule has 0 spiro atoms. The molecule has 204 valence electrons. The Morgan fingerprint density at radius 2 is 1.77 bits per heavy atom. The number of aromatic nitrogens is 2. The first-order chi connectivity index (χ1) is 19.1. The third-order valence-corrected chi connectivity index (χ3v) is 7.23. The summed E-state index contributed by atoms with van der Waals surface area (Å²) in [6.07, 6.45) is 7.35. The summed E-state index contributed by atoms with van der Waals surface area (Å²) in [5.41, 5.74) is 0.584. The van der Waals surface area contributed by atoms with Gasteiger partial charge >= 0.3 is 0 Å². The average Bonchev–Trinajstić information content (AvgIpc) is 3.44. The fourth-order valence-electron chi connectivity index (χ4n) is 4.26. The summed E-state index contributed by atoms with van der Waals surface area (Å²) < 4.78 is 22.5. The molecule has 1 saturated carbocycles. The van der Waals surface area contributed by atoms with Gasteiger partial charge in [0.2, 0.25) is 5.13 Å². The summed E-state index contributed by atoms with van der Waals surface area (Å²) in [5, 5.41) is 22.1. The lowest BCUT2D eigenvalue weighted by molar-refractivity contribution is -0.112. The van der Waals surface area contributed by atoms with Crippen LogP contribution in [-0.2, 0) is 4.79 Å². The number of hydrogen-bond acceptors (Lipinski definition) is 9. The van der Waals surface area contributed by atoms with E-state index in [0.717, 1.165) is 23.6 Å². The smallest absolute Gasteiger partial charge is 0.268 e. The lowest BCUT2D eigenvalue weighted by Crippen LogP contribution is -2.13. The van der Waals surface area contributed by atoms with E-state index < -0.39 is 5.91 Å². The number of nitriles is 1. The number of carbonyl (C=O) groups excluding carboxylic acids is 1. The quantitative estimate of drug-likeness (QED) is 0.167. The van der Waals surface area contributed by atoms with Gasteiger partial charge in [-0.2, -0.15) is 5.26 Å². The number of rotatable bonds is 12. The van der Waals surface area contributed by atoms with Gasteiger partial charge in [0.05, 0.1) is 13.7 Å². The van der Waals surface area contributed by atoms with Crippen molar-refractivity contribution in [3.63, 3.8) is 0 Å². The van der Waals surface area contributed by atoms with Gasteiger partial charge in [-0.05, 0) is 67.8 Å². The highest BCUT2D eigenvalue weighted by atomic mass is 32.1. The van der Waals surface area contributed by atoms with Crippen molar-refractivity contribution in [1.82, 2.24) is 10.2 Å². The van der Waals surface area contributed by atoms with Crippen LogP contribution in [0.3, 0.4) is 0 Å². The number of hydrogen-bond donors (Lipinski definition) is 1. The number of nitrogens with zero attached hydrogens (tertiary/aromatic N) is 3. The Bertz CT molecular complexity index is 1310. The highest BCUT2D eigenvalue weighted by molar-refractivity contribution is 7.15. The van der Waals surface area contributed by atoms with Gasteiger partial charge in [0.1, 0.15) is 41.4 Å². The van der Waals surface area contributed by atoms with E-state index in [2.05, 4.69) is 15.5 Å². The van der Waals surface area contributed by atoms with Gasteiger partial charge in [-0.25, -0.2) is 0 Å². The van der Waals surface area contributed by atoms with Crippen LogP contribution >= 0.6 is 11.3 Å². The molecule has 0 radical (unpaired) electrons. The summed E-state index contributed by atoms with van der Waals surface area (Å²) >= 11 is 1.38. The second-order valence-electron chi connectivity index (χ2n) is 8.92. The lowest BCUT2D eigenvalue weighted by Gasteiger charge is -2.18. The van der Waals surface area contributed by atoms with Crippen molar-refractivity contribution in [3.8, 4) is 29.1 Å². The number of anilines is 1. The molecule has 0 bridgehead atoms. The highest BCUT2D eigenvalue weighted by Gasteiger charge is 2.21. The SMILES string of the molecule is CCOc1cc(C=C(C#N)C(=O)Nc2nnc(C3CCCCC3)s2)ccc1OCCOc1ccc(OC)cc1. The van der Waals surface area contributed by atoms with E-state index in [9.17, 15) is 10.1 Å². The van der Waals surface area contributed by atoms with Crippen LogP contribution < -0.4 is 24.3 Å². The van der Waals surface area contributed by atoms with E-state index in [1.165, 1.54) is 36.7 Å². The molecule has 1 aliphatic rings. The zero-order valence-corrected chi connectivity index (χ0v) is 23.0. The molecule has 39 heavy (non-hydrogen) atoms. The molecule has 1 heterocycles. The van der Waals surface area contributed by atoms with Gasteiger partial charge in [-0.3, -0.25) is 10.1 Å². The van der Waals surface area contributed by atoms with Crippen molar-refractivity contribution in [2.75, 3.05) is 32.2 Å². The molecule has 0 atom stereocenters. The van der Waals surface area contributed by atoms with E-state index in [4.69, 9.17) is 18.9 Å². The zero-order chi connectivity index (χ0) is 27.5. The summed E-state index contributed by atoms with van der Waals surface area (Å²) in [6.45, 7) is 2.94. The number of ether oxygens (including phenoxy) is 4. The highest BCUT2D eigenvalue weighted by Crippen LogP contribution is 2.35. The Kier molecular flexibility index (Phi) is 10.1. The maximum Gasteiger partial charge on any atom is 0.268 e. The van der Waals surface area contributed by atoms with E-state index in [0.29, 0.717) is 53.7 Å². The largest absolute Gasteiger partial charge is 0.497 e. The summed E-state index contributed by atoms with van der Waals surface area (Å²) in [7, 11) is 1.61. The van der Waals surface area contributed by atoms with Crippen molar-refractivity contribution in [2.45, 2.75) is 44.9 Å². The second kappa shape index (κ2) is 14.2. The first kappa shape index (κ1) is 27.9. The monoisotopic (exact) mass is 548 g/mol. The fraction of sp³-hybridized carbons (Fsp3) is 0.379. The first-order valence-electron chi connectivity index (χ1n) is 13.0. The van der Waals surface area contributed by atoms with Crippen LogP contribution in [0.25, 0.3) is 6.08 Å². The third kappa shape index (κ3) is 7.94. The maximum absolute atomic E-state index is 12.8. The minimum atomic E-state index is -0.530. The number of carbonyl (C=O) groups is 1. The molecule has 1 fully saturated rings. The molecule has 0 aliphatic heterocycles. The summed E-state index contributed by atoms with van der Waals surface area (Å²) in [4.78, 5) is 12.8. The van der Waals surface area contributed by atoms with E-state index in [1.807, 2.05) is 37.3 Å². The van der Waals surface area contributed by atoms with Crippen LogP contribution in [0.5, 0.6) is 23.0 Å². The van der Waals surface area contributed by atoms with Crippen molar-refractivity contribution < 1.29 is 23.7 Å². The topological polar surface area (TPSA) is 116 Å². The lowest BCUT2D eigenvalue weighted by atomic mass is 9.90. The molecule has 1 N–H and O–H groups in total. The molecule has 10 heteroatoms. The molecule has 1 aromatic heterocycles. The third-order valence-electron chi connectivity index (χ3n) is 6.23. The van der Waals surface area contributed by atoms with Crippen LogP contribution in [0.2, 0.25) is 0 Å². The van der Waals surface area contributed by atoms with Crippen LogP contribution in [-0.4, -0.2) is 43.0 Å². The Labute approximate surface area is 232 Å². The van der Waals surface area contributed by atoms with Crippen LogP contribution in [0.1, 0.15) is 55.5 Å². The van der Waals surface area contributed by atoms with Gasteiger partial charge < -0.3 is 18.9 Å². The Balaban J connectivity index is 1.36. The molecule has 1 amide bonds. The van der Waals surface area contributed by atoms with Crippen LogP contribution in [0.4, 0.5) is 5.13 Å². The van der Waals surface area contributed by atoms with Crippen LogP contribution in [0.15, 0.2) is 48.0 Å². The van der Waals surface area contributed by atoms with E-state index in [-0.39, 0.29) is 5.57 Å². The molecule has 0 saturated heterocycles. The number of benzene rings is 2. The zero-order valence-electron chi connectivity index (χ0n) is 22.1. The average molecular weight is 549 g/mol. The minimum absolute atomic E-state index is 0.0478. The fourth-order valence-corrected chi connectivity index (χ4v) is 5.17. The van der Waals surface area contributed by atoms with Crippen LogP contribution in [0, 0.1) is 11.3 Å². The molecular weight excluding hydrogens is 516 g/mol. The predicted octanol–water partition coefficient (Wildman–Crippen LogP) is 6.00. The van der Waals surface area contributed by atoms with Crippen molar-refractivity contribution in [3.05, 3.63) is 58.6 Å². The maximum atomic E-state index is 12.8. The minimum Gasteiger partial charge on any atom is -0.497 e. The molecule has 2 aromatic carbocycles. The normalized spacial score (nSPS) is 13.8. The first-order valence-corrected chi connectivity index (χ1v) is 13.8. The molecule has 1 aliphatic carbocycles. The summed E-state index contributed by atoms with van der Waals surface area (Å²) in [6, 6.07) is 14.5. The van der Waals surface area contributed by atoms with Crippen molar-refractivity contribution >= 4 is 28.5 Å². The molecule has 4 rings (SSSR count). The molecule has 3 aromatic rings. The Hall–Kier alpha value is -4.10. The molecule has 9 nitrogen and oxygen atoms in total. The van der Waals surface area contributed by atoms with Crippen molar-refractivity contribution in [2.24, 2.45) is 0 Å². The van der Waals surface area contributed by atoms with Gasteiger partial charge in [0, 0.05) is 5.92 Å². The van der Waals surface area contributed by atoms with Gasteiger partial charge in [0.15, 0.2) is 11.5 Å². The second-order valence-corrected chi connectivity index (χ2v) is 9.93. The standard InChI is InChI=1S/C29H32N4O5S/c1-3-36-26-18-20(9-14-25(26)38-16-15-37-24-12-10-23(35-2)11-13-24)17-22(19-30)27(34)31-29-33-32-28(39-29)21-7-5-4-6-8-21/h9-14,17-18,21H,3-8,15-16H2,1-2H3,(H,31,33,34). The van der Waals surface area contributed by atoms with E-state index in [1.54, 1.807) is 25.3 Å². The summed E-state index contributed by atoms with van der Waals surface area (Å²) in [5.74, 6) is 2.40. The van der Waals surface area contributed by atoms with Crippen molar-refractivity contribution in [1.29, 1.82) is 5.26 Å². The van der Waals surface area contributed by atoms with Gasteiger partial charge in [-0.15, -0.1) is 10.2 Å². The van der Waals surface area contributed by atoms with Gasteiger partial charge in [0.25, 0.3) is 5.91 Å². The predicted molar refractivity (Wildman–Crippen MR) is 150 cm³/mol. The number of nitrogens with one attached hydrogen (secondary N) is 1. The molecule has 0 unspecified atom stereocenters. The van der Waals surface area contributed by atoms with Gasteiger partial charge in [-0.1, -0.05) is 36.7 Å². The Morgan fingerprint density at radius 3 is 2.49 bits per heavy atom. The number of amides is 1.